The molecule has 27 heavy (non-hydrogen) atoms. The van der Waals surface area contributed by atoms with E-state index in [2.05, 4.69) is 26.8 Å². The van der Waals surface area contributed by atoms with Crippen molar-refractivity contribution < 1.29 is 4.74 Å². The summed E-state index contributed by atoms with van der Waals surface area (Å²) in [7, 11) is 1.91. The predicted molar refractivity (Wildman–Crippen MR) is 115 cm³/mol. The molecule has 4 aliphatic rings. The highest BCUT2D eigenvalue weighted by Crippen LogP contribution is 2.62. The maximum Gasteiger partial charge on any atom is 0.0608 e. The molecule has 3 fully saturated rings. The molecule has 0 aromatic rings. The Bertz CT molecular complexity index is 534. The van der Waals surface area contributed by atoms with Crippen LogP contribution in [0.1, 0.15) is 97.8 Å². The van der Waals surface area contributed by atoms with Crippen molar-refractivity contribution >= 4 is 0 Å². The molecule has 0 saturated heterocycles. The quantitative estimate of drug-likeness (QED) is 0.348. The number of ether oxygens (including phenoxy) is 1. The standard InChI is InChI=1S/C26H44O/c1-18(2)7-5-6-8-19-9-11-23-22(19)13-14-25-24(23)12-10-20-17-21(27-4)15-16-26(20,25)3/h10,18-19,21-25H,5-9,11-17H2,1-4H3/t19-,21+,22?,23+,24+,25?,26+/m1/s1. The number of allylic oxidation sites excluding steroid dienone is 1. The Balaban J connectivity index is 1.40. The smallest absolute Gasteiger partial charge is 0.0608 e. The lowest BCUT2D eigenvalue weighted by Gasteiger charge is -2.55. The first-order valence-corrected chi connectivity index (χ1v) is 12.2. The van der Waals surface area contributed by atoms with Crippen LogP contribution in [0.3, 0.4) is 0 Å². The van der Waals surface area contributed by atoms with Gasteiger partial charge in [0.1, 0.15) is 0 Å². The Labute approximate surface area is 168 Å². The molecular formula is C26H44O. The number of hydrogen-bond donors (Lipinski definition) is 0. The molecule has 1 nitrogen and oxygen atoms in total. The highest BCUT2D eigenvalue weighted by molar-refractivity contribution is 5.24. The van der Waals surface area contributed by atoms with E-state index in [0.29, 0.717) is 11.5 Å². The van der Waals surface area contributed by atoms with Crippen molar-refractivity contribution in [3.8, 4) is 0 Å². The van der Waals surface area contributed by atoms with E-state index in [1.54, 1.807) is 18.4 Å². The summed E-state index contributed by atoms with van der Waals surface area (Å²) >= 11 is 0. The van der Waals surface area contributed by atoms with Crippen LogP contribution < -0.4 is 0 Å². The fourth-order valence-corrected chi connectivity index (χ4v) is 7.92. The molecule has 3 saturated carbocycles. The fourth-order valence-electron chi connectivity index (χ4n) is 7.92. The van der Waals surface area contributed by atoms with Crippen molar-refractivity contribution in [3.63, 3.8) is 0 Å². The van der Waals surface area contributed by atoms with E-state index < -0.39 is 0 Å². The second-order valence-electron chi connectivity index (χ2n) is 11.2. The third kappa shape index (κ3) is 3.79. The van der Waals surface area contributed by atoms with Gasteiger partial charge < -0.3 is 4.74 Å². The van der Waals surface area contributed by atoms with Crippen molar-refractivity contribution in [2.24, 2.45) is 40.9 Å². The Hall–Kier alpha value is -0.300. The van der Waals surface area contributed by atoms with E-state index in [0.717, 1.165) is 35.5 Å². The van der Waals surface area contributed by atoms with Gasteiger partial charge in [0.05, 0.1) is 6.10 Å². The van der Waals surface area contributed by atoms with Crippen LogP contribution in [-0.4, -0.2) is 13.2 Å². The first kappa shape index (κ1) is 20.0. The molecule has 4 rings (SSSR count). The topological polar surface area (TPSA) is 9.23 Å². The van der Waals surface area contributed by atoms with Gasteiger partial charge in [0.25, 0.3) is 0 Å². The molecule has 0 aromatic heterocycles. The summed E-state index contributed by atoms with van der Waals surface area (Å²) in [4.78, 5) is 0. The summed E-state index contributed by atoms with van der Waals surface area (Å²) in [6, 6.07) is 0. The number of rotatable bonds is 6. The van der Waals surface area contributed by atoms with E-state index in [1.165, 1.54) is 64.2 Å². The molecule has 0 aliphatic heterocycles. The van der Waals surface area contributed by atoms with Gasteiger partial charge in [-0.05, 0) is 92.3 Å². The maximum atomic E-state index is 5.73. The average molecular weight is 373 g/mol. The molecule has 0 spiro atoms. The molecule has 0 radical (unpaired) electrons. The van der Waals surface area contributed by atoms with Gasteiger partial charge in [-0.2, -0.15) is 0 Å². The first-order chi connectivity index (χ1) is 13.0. The minimum atomic E-state index is 0.485. The van der Waals surface area contributed by atoms with Gasteiger partial charge in [-0.15, -0.1) is 0 Å². The molecule has 0 aromatic carbocycles. The summed E-state index contributed by atoms with van der Waals surface area (Å²) < 4.78 is 5.73. The highest BCUT2D eigenvalue weighted by atomic mass is 16.5. The molecule has 0 amide bonds. The number of methoxy groups -OCH3 is 1. The third-order valence-corrected chi connectivity index (χ3v) is 9.47. The Kier molecular flexibility index (Phi) is 6.08. The van der Waals surface area contributed by atoms with Crippen LogP contribution in [0.4, 0.5) is 0 Å². The van der Waals surface area contributed by atoms with Crippen LogP contribution in [-0.2, 0) is 4.74 Å². The van der Waals surface area contributed by atoms with Gasteiger partial charge in [-0.3, -0.25) is 0 Å². The second-order valence-corrected chi connectivity index (χ2v) is 11.2. The SMILES string of the molecule is CO[C@H]1CC[C@@]2(C)C(=CC[C@@H]3C2CCC2[C@H](CCCCC(C)C)CC[C@@H]23)C1. The highest BCUT2D eigenvalue weighted by Gasteiger charge is 2.53. The molecule has 0 heterocycles. The van der Waals surface area contributed by atoms with Gasteiger partial charge in [-0.25, -0.2) is 0 Å². The zero-order valence-corrected chi connectivity index (χ0v) is 18.5. The minimum Gasteiger partial charge on any atom is -0.381 e. The summed E-state index contributed by atoms with van der Waals surface area (Å²) in [5, 5.41) is 0. The molecule has 0 N–H and O–H groups in total. The van der Waals surface area contributed by atoms with E-state index in [9.17, 15) is 0 Å². The summed E-state index contributed by atoms with van der Waals surface area (Å²) in [6.45, 7) is 7.37. The van der Waals surface area contributed by atoms with Crippen LogP contribution in [0.5, 0.6) is 0 Å². The third-order valence-electron chi connectivity index (χ3n) is 9.47. The molecule has 154 valence electrons. The zero-order valence-electron chi connectivity index (χ0n) is 18.5. The molecule has 0 bridgehead atoms. The lowest BCUT2D eigenvalue weighted by atomic mass is 9.50. The summed E-state index contributed by atoms with van der Waals surface area (Å²) in [5.41, 5.74) is 2.27. The van der Waals surface area contributed by atoms with Crippen molar-refractivity contribution in [1.29, 1.82) is 0 Å². The Morgan fingerprint density at radius 3 is 2.63 bits per heavy atom. The maximum absolute atomic E-state index is 5.73. The predicted octanol–water partition coefficient (Wildman–Crippen LogP) is 7.41. The van der Waals surface area contributed by atoms with Gasteiger partial charge in [-0.1, -0.05) is 58.1 Å². The first-order valence-electron chi connectivity index (χ1n) is 12.2. The molecule has 1 heteroatoms. The van der Waals surface area contributed by atoms with E-state index in [4.69, 9.17) is 4.74 Å². The monoisotopic (exact) mass is 372 g/mol. The molecule has 7 atom stereocenters. The van der Waals surface area contributed by atoms with Crippen molar-refractivity contribution in [3.05, 3.63) is 11.6 Å². The number of fused-ring (bicyclic) bond motifs is 5. The molecular weight excluding hydrogens is 328 g/mol. The van der Waals surface area contributed by atoms with Gasteiger partial charge in [0, 0.05) is 7.11 Å². The van der Waals surface area contributed by atoms with Crippen molar-refractivity contribution in [2.75, 3.05) is 7.11 Å². The summed E-state index contributed by atoms with van der Waals surface area (Å²) in [5.74, 6) is 6.03. The average Bonchev–Trinajstić information content (AvgIpc) is 3.08. The number of unbranched alkanes of at least 4 members (excludes halogenated alkanes) is 1. The van der Waals surface area contributed by atoms with E-state index >= 15 is 0 Å². The zero-order chi connectivity index (χ0) is 19.0. The molecule has 2 unspecified atom stereocenters. The Morgan fingerprint density at radius 1 is 1.04 bits per heavy atom. The van der Waals surface area contributed by atoms with Crippen LogP contribution in [0, 0.1) is 40.9 Å². The normalized spacial score (nSPS) is 43.8. The lowest BCUT2D eigenvalue weighted by Crippen LogP contribution is -2.47. The summed E-state index contributed by atoms with van der Waals surface area (Å²) in [6.07, 6.45) is 20.5. The van der Waals surface area contributed by atoms with Gasteiger partial charge in [0.2, 0.25) is 0 Å². The van der Waals surface area contributed by atoms with Gasteiger partial charge in [0.15, 0.2) is 0 Å². The molecule has 4 aliphatic carbocycles. The fraction of sp³-hybridized carbons (Fsp3) is 0.923. The minimum absolute atomic E-state index is 0.485. The van der Waals surface area contributed by atoms with Crippen molar-refractivity contribution in [1.82, 2.24) is 0 Å². The van der Waals surface area contributed by atoms with Gasteiger partial charge >= 0.3 is 0 Å². The van der Waals surface area contributed by atoms with Crippen LogP contribution in [0.25, 0.3) is 0 Å². The van der Waals surface area contributed by atoms with Crippen LogP contribution in [0.15, 0.2) is 11.6 Å². The van der Waals surface area contributed by atoms with Crippen molar-refractivity contribution in [2.45, 2.75) is 104 Å². The number of hydrogen-bond acceptors (Lipinski definition) is 1. The largest absolute Gasteiger partial charge is 0.381 e. The van der Waals surface area contributed by atoms with Crippen LogP contribution in [0.2, 0.25) is 0 Å². The second kappa shape index (κ2) is 8.21. The lowest BCUT2D eigenvalue weighted by molar-refractivity contribution is -0.0200. The Morgan fingerprint density at radius 2 is 1.85 bits per heavy atom. The van der Waals surface area contributed by atoms with E-state index in [1.807, 2.05) is 7.11 Å². The van der Waals surface area contributed by atoms with E-state index in [-0.39, 0.29) is 0 Å². The van der Waals surface area contributed by atoms with Crippen LogP contribution >= 0.6 is 0 Å².